The Kier molecular flexibility index (Phi) is 4.56. The maximum atomic E-state index is 13.3. The van der Waals surface area contributed by atoms with Gasteiger partial charge in [-0.1, -0.05) is 27.6 Å². The van der Waals surface area contributed by atoms with E-state index in [1.54, 1.807) is 14.2 Å². The molecule has 0 bridgehead atoms. The zero-order valence-corrected chi connectivity index (χ0v) is 18.2. The highest BCUT2D eigenvalue weighted by Crippen LogP contribution is 2.44. The molecule has 1 saturated heterocycles. The zero-order valence-electron chi connectivity index (χ0n) is 26.2. The van der Waals surface area contributed by atoms with Gasteiger partial charge in [-0.25, -0.2) is 0 Å². The summed E-state index contributed by atoms with van der Waals surface area (Å²) in [5.41, 5.74) is 7.85. The predicted molar refractivity (Wildman–Crippen MR) is 118 cm³/mol. The fourth-order valence-corrected chi connectivity index (χ4v) is 4.69. The van der Waals surface area contributed by atoms with Gasteiger partial charge in [-0.15, -0.1) is 0 Å². The highest BCUT2D eigenvalue weighted by molar-refractivity contribution is 5.76. The normalized spacial score (nSPS) is 31.1. The number of nitrogens with two attached hydrogens (primary N) is 1. The second-order valence-electron chi connectivity index (χ2n) is 8.52. The van der Waals surface area contributed by atoms with Gasteiger partial charge in [0, 0.05) is 41.1 Å². The van der Waals surface area contributed by atoms with Crippen LogP contribution >= 0.6 is 0 Å². The van der Waals surface area contributed by atoms with Crippen molar-refractivity contribution in [2.75, 3.05) is 27.3 Å². The summed E-state index contributed by atoms with van der Waals surface area (Å²) in [5.74, 6) is -3.87. The van der Waals surface area contributed by atoms with Crippen LogP contribution in [0.2, 0.25) is 0 Å². The van der Waals surface area contributed by atoms with Crippen molar-refractivity contribution < 1.29 is 30.0 Å². The highest BCUT2D eigenvalue weighted by Gasteiger charge is 2.41. The van der Waals surface area contributed by atoms with E-state index in [4.69, 9.17) is 30.9 Å². The molecule has 2 aliphatic rings. The van der Waals surface area contributed by atoms with E-state index in [1.165, 1.54) is 0 Å². The van der Waals surface area contributed by atoms with Crippen LogP contribution in [0.15, 0.2) is 12.1 Å². The largest absolute Gasteiger partial charge is 0.493 e. The van der Waals surface area contributed by atoms with Gasteiger partial charge in [-0.05, 0) is 47.9 Å². The van der Waals surface area contributed by atoms with Crippen molar-refractivity contribution in [1.29, 1.82) is 0 Å². The molecule has 168 valence electrons. The predicted octanol–water partition coefficient (Wildman–Crippen LogP) is 3.56. The molecule has 0 radical (unpaired) electrons. The molecule has 3 rings (SSSR count). The van der Waals surface area contributed by atoms with E-state index in [-0.39, 0.29) is 17.9 Å². The van der Waals surface area contributed by atoms with Gasteiger partial charge in [0.25, 0.3) is 0 Å². The molecule has 0 aliphatic carbocycles. The van der Waals surface area contributed by atoms with Gasteiger partial charge in [0.2, 0.25) is 0 Å². The van der Waals surface area contributed by atoms with Crippen molar-refractivity contribution >= 4 is 5.97 Å². The number of carbonyl (C=O) groups excluding carboxylic acids is 1. The van der Waals surface area contributed by atoms with E-state index >= 15 is 0 Å². The summed E-state index contributed by atoms with van der Waals surface area (Å²) in [7, 11) is 3.11. The molecule has 30 heavy (non-hydrogen) atoms. The van der Waals surface area contributed by atoms with E-state index in [2.05, 4.69) is 4.90 Å². The first kappa shape index (κ1) is 14.3. The molecule has 0 amide bonds. The summed E-state index contributed by atoms with van der Waals surface area (Å²) in [4.78, 5) is 15.6. The molecule has 0 saturated carbocycles. The minimum Gasteiger partial charge on any atom is -0.493 e. The van der Waals surface area contributed by atoms with Gasteiger partial charge in [-0.2, -0.15) is 0 Å². The lowest BCUT2D eigenvalue weighted by atomic mass is 9.79. The highest BCUT2D eigenvalue weighted by atomic mass is 16.5. The molecule has 6 nitrogen and oxygen atoms in total. The van der Waals surface area contributed by atoms with E-state index in [0.717, 1.165) is 24.1 Å². The number of ether oxygens (including phenoxy) is 3. The van der Waals surface area contributed by atoms with E-state index < -0.39 is 37.7 Å². The molecule has 2 heterocycles. The minimum atomic E-state index is -3.60. The van der Waals surface area contributed by atoms with Crippen LogP contribution in [-0.4, -0.2) is 50.3 Å². The van der Waals surface area contributed by atoms with Gasteiger partial charge in [-0.3, -0.25) is 9.69 Å². The summed E-state index contributed by atoms with van der Waals surface area (Å²) in [6, 6.07) is 0.304. The van der Waals surface area contributed by atoms with Crippen LogP contribution in [0.3, 0.4) is 0 Å². The Labute approximate surface area is 192 Å². The molecule has 0 spiro atoms. The SMILES string of the molecule is [2H]C([2H])([2H])C([2H])(C([2H])([2H])[2H])C([2H])(N)C(=O)OC1CC2c3cc(OC)c(OC)cc3CCN2CC1CC(C)C. The molecule has 2 aliphatic heterocycles. The number of methoxy groups -OCH3 is 2. The Morgan fingerprint density at radius 3 is 2.63 bits per heavy atom. The first-order valence-electron chi connectivity index (χ1n) is 14.4. The fraction of sp³-hybridized carbons (Fsp3) is 0.708. The van der Waals surface area contributed by atoms with Crippen LogP contribution in [0, 0.1) is 17.7 Å². The summed E-state index contributed by atoms with van der Waals surface area (Å²) < 4.78 is 79.3. The van der Waals surface area contributed by atoms with Gasteiger partial charge in [0.05, 0.1) is 15.6 Å². The van der Waals surface area contributed by atoms with Crippen molar-refractivity contribution in [3.63, 3.8) is 0 Å². The lowest BCUT2D eigenvalue weighted by Crippen LogP contribution is -2.51. The molecule has 0 aromatic heterocycles. The molecule has 6 heteroatoms. The smallest absolute Gasteiger partial charge is 0.323 e. The van der Waals surface area contributed by atoms with Crippen molar-refractivity contribution in [3.05, 3.63) is 23.3 Å². The fourth-order valence-electron chi connectivity index (χ4n) is 4.69. The number of rotatable bonds is 7. The van der Waals surface area contributed by atoms with Crippen molar-refractivity contribution in [2.24, 2.45) is 23.5 Å². The molecular weight excluding hydrogens is 380 g/mol. The molecule has 4 atom stereocenters. The zero-order chi connectivity index (χ0) is 28.8. The van der Waals surface area contributed by atoms with Gasteiger partial charge < -0.3 is 19.9 Å². The van der Waals surface area contributed by atoms with Crippen molar-refractivity contribution in [2.45, 2.75) is 65.0 Å². The third-order valence-electron chi connectivity index (χ3n) is 6.09. The summed E-state index contributed by atoms with van der Waals surface area (Å²) in [6.45, 7) is -1.68. The summed E-state index contributed by atoms with van der Waals surface area (Å²) >= 11 is 0. The van der Waals surface area contributed by atoms with Crippen LogP contribution in [0.1, 0.15) is 68.5 Å². The molecule has 1 aromatic carbocycles. The Morgan fingerprint density at radius 1 is 1.30 bits per heavy atom. The van der Waals surface area contributed by atoms with E-state index in [1.807, 2.05) is 26.0 Å². The average molecular weight is 427 g/mol. The average Bonchev–Trinajstić information content (AvgIpc) is 2.80. The number of esters is 1. The minimum absolute atomic E-state index is 0.159. The lowest BCUT2D eigenvalue weighted by molar-refractivity contribution is -0.160. The quantitative estimate of drug-likeness (QED) is 0.672. The van der Waals surface area contributed by atoms with Crippen LogP contribution in [0.4, 0.5) is 0 Å². The van der Waals surface area contributed by atoms with E-state index in [0.29, 0.717) is 30.9 Å². The Balaban J connectivity index is 1.98. The van der Waals surface area contributed by atoms with Crippen molar-refractivity contribution in [1.82, 2.24) is 4.90 Å². The first-order valence-corrected chi connectivity index (χ1v) is 10.4. The molecule has 1 fully saturated rings. The lowest BCUT2D eigenvalue weighted by Gasteiger charge is -2.47. The van der Waals surface area contributed by atoms with Gasteiger partial charge in [0.1, 0.15) is 12.1 Å². The number of piperidine rings is 1. The second kappa shape index (κ2) is 9.56. The number of hydrogen-bond donors (Lipinski definition) is 1. The van der Waals surface area contributed by atoms with Crippen LogP contribution in [0.25, 0.3) is 0 Å². The van der Waals surface area contributed by atoms with Crippen LogP contribution < -0.4 is 15.2 Å². The number of hydrogen-bond acceptors (Lipinski definition) is 6. The maximum Gasteiger partial charge on any atom is 0.323 e. The monoisotopic (exact) mass is 426 g/mol. The maximum absolute atomic E-state index is 13.3. The third kappa shape index (κ3) is 4.75. The van der Waals surface area contributed by atoms with E-state index in [9.17, 15) is 4.79 Å². The number of carbonyl (C=O) groups is 1. The first-order chi connectivity index (χ1) is 17.4. The number of benzene rings is 1. The van der Waals surface area contributed by atoms with Crippen molar-refractivity contribution in [3.8, 4) is 11.5 Å². The Hall–Kier alpha value is -1.79. The van der Waals surface area contributed by atoms with Crippen LogP contribution in [-0.2, 0) is 16.0 Å². The molecule has 2 N–H and O–H groups in total. The Bertz CT molecular complexity index is 1010. The second-order valence-corrected chi connectivity index (χ2v) is 8.52. The van der Waals surface area contributed by atoms with Gasteiger partial charge in [0.15, 0.2) is 11.5 Å². The standard InChI is InChI=1S/C24H38N2O4/c1-14(2)9-17-13-26-8-7-16-10-21(28-5)22(29-6)11-18(16)19(26)12-20(17)30-24(27)23(25)15(3)4/h10-11,14-15,17,19-20,23H,7-9,12-13,25H2,1-6H3/i3D3,4D3,15D,23D. The molecular formula is C24H38N2O4. The Morgan fingerprint density at radius 2 is 2.00 bits per heavy atom. The molecule has 4 unspecified atom stereocenters. The summed E-state index contributed by atoms with van der Waals surface area (Å²) in [6.07, 6.45) is 1.03. The van der Waals surface area contributed by atoms with Gasteiger partial charge >= 0.3 is 5.97 Å². The third-order valence-corrected chi connectivity index (χ3v) is 6.09. The number of nitrogens with zero attached hydrogens (tertiary/aromatic N) is 1. The molecule has 1 aromatic rings. The number of fused-ring (bicyclic) bond motifs is 3. The van der Waals surface area contributed by atoms with Crippen LogP contribution in [0.5, 0.6) is 11.5 Å². The summed E-state index contributed by atoms with van der Waals surface area (Å²) in [5, 5.41) is 0. The topological polar surface area (TPSA) is 74.0 Å².